The van der Waals surface area contributed by atoms with E-state index in [0.717, 1.165) is 11.3 Å². The van der Waals surface area contributed by atoms with Crippen molar-refractivity contribution < 1.29 is 19.0 Å². The number of rotatable bonds is 5. The number of carbonyl (C=O) groups excluding carboxylic acids is 1. The molecule has 0 unspecified atom stereocenters. The predicted molar refractivity (Wildman–Crippen MR) is 98.6 cm³/mol. The highest BCUT2D eigenvalue weighted by atomic mass is 16.7. The van der Waals surface area contributed by atoms with Gasteiger partial charge in [0.2, 0.25) is 6.79 Å². The minimum absolute atomic E-state index is 0.216. The van der Waals surface area contributed by atoms with Crippen LogP contribution in [0.4, 0.5) is 0 Å². The van der Waals surface area contributed by atoms with E-state index in [0.29, 0.717) is 17.2 Å². The summed E-state index contributed by atoms with van der Waals surface area (Å²) in [7, 11) is 1.52. The first kappa shape index (κ1) is 17.0. The summed E-state index contributed by atoms with van der Waals surface area (Å²) in [5.41, 5.74) is 1.99. The van der Waals surface area contributed by atoms with Gasteiger partial charge < -0.3 is 19.5 Å². The maximum atomic E-state index is 12.8. The number of para-hydroxylation sites is 1. The van der Waals surface area contributed by atoms with E-state index in [4.69, 9.17) is 14.2 Å². The monoisotopic (exact) mass is 365 g/mol. The molecule has 2 aromatic carbocycles. The summed E-state index contributed by atoms with van der Waals surface area (Å²) < 4.78 is 17.7. The van der Waals surface area contributed by atoms with Gasteiger partial charge in [0, 0.05) is 0 Å². The smallest absolute Gasteiger partial charge is 0.276 e. The lowest BCUT2D eigenvalue weighted by Crippen LogP contribution is -2.27. The van der Waals surface area contributed by atoms with Gasteiger partial charge in [0.1, 0.15) is 0 Å². The van der Waals surface area contributed by atoms with Gasteiger partial charge in [-0.3, -0.25) is 4.79 Å². The average Bonchev–Trinajstić information content (AvgIpc) is 3.34. The van der Waals surface area contributed by atoms with Crippen LogP contribution in [0.2, 0.25) is 0 Å². The van der Waals surface area contributed by atoms with Gasteiger partial charge in [-0.1, -0.05) is 24.3 Å². The Balaban J connectivity index is 1.55. The summed E-state index contributed by atoms with van der Waals surface area (Å²) in [4.78, 5) is 12.8. The minimum Gasteiger partial charge on any atom is -0.493 e. The van der Waals surface area contributed by atoms with E-state index < -0.39 is 0 Å². The third-order valence-electron chi connectivity index (χ3n) is 4.38. The number of fused-ring (bicyclic) bond motifs is 1. The van der Waals surface area contributed by atoms with Crippen LogP contribution in [0.3, 0.4) is 0 Å². The second-order valence-electron chi connectivity index (χ2n) is 6.13. The number of hydrogen-bond acceptors (Lipinski definition) is 5. The fourth-order valence-electron chi connectivity index (χ4n) is 2.91. The number of aromatic nitrogens is 2. The van der Waals surface area contributed by atoms with E-state index in [9.17, 15) is 4.79 Å². The SMILES string of the molecule is COc1cn(-c2ccccc2)nc1C(=O)N[C@H](C)c1ccc2c(c1)OCO2. The van der Waals surface area contributed by atoms with Crippen LogP contribution in [0, 0.1) is 0 Å². The number of ether oxygens (including phenoxy) is 3. The molecule has 138 valence electrons. The summed E-state index contributed by atoms with van der Waals surface area (Å²) in [5.74, 6) is 1.49. The van der Waals surface area contributed by atoms with E-state index in [1.54, 1.807) is 10.9 Å². The fourth-order valence-corrected chi connectivity index (χ4v) is 2.91. The second kappa shape index (κ2) is 7.03. The van der Waals surface area contributed by atoms with E-state index in [-0.39, 0.29) is 24.4 Å². The molecule has 0 fully saturated rings. The van der Waals surface area contributed by atoms with Crippen molar-refractivity contribution in [3.8, 4) is 22.9 Å². The van der Waals surface area contributed by atoms with Crippen molar-refractivity contribution in [1.29, 1.82) is 0 Å². The summed E-state index contributed by atoms with van der Waals surface area (Å²) in [6.07, 6.45) is 1.69. The first-order valence-corrected chi connectivity index (χ1v) is 8.55. The Morgan fingerprint density at radius 2 is 1.96 bits per heavy atom. The van der Waals surface area contributed by atoms with Crippen LogP contribution >= 0.6 is 0 Å². The third-order valence-corrected chi connectivity index (χ3v) is 4.38. The van der Waals surface area contributed by atoms with Crippen molar-refractivity contribution in [2.45, 2.75) is 13.0 Å². The second-order valence-corrected chi connectivity index (χ2v) is 6.13. The zero-order valence-electron chi connectivity index (χ0n) is 15.0. The molecule has 1 aliphatic rings. The molecule has 7 heteroatoms. The molecule has 0 bridgehead atoms. The molecule has 4 rings (SSSR count). The topological polar surface area (TPSA) is 74.6 Å². The number of hydrogen-bond donors (Lipinski definition) is 1. The maximum absolute atomic E-state index is 12.8. The van der Waals surface area contributed by atoms with Crippen LogP contribution in [0.5, 0.6) is 17.2 Å². The van der Waals surface area contributed by atoms with Crippen molar-refractivity contribution in [3.63, 3.8) is 0 Å². The van der Waals surface area contributed by atoms with E-state index in [1.165, 1.54) is 7.11 Å². The minimum atomic E-state index is -0.313. The Morgan fingerprint density at radius 1 is 1.19 bits per heavy atom. The molecule has 1 aromatic heterocycles. The van der Waals surface area contributed by atoms with Gasteiger partial charge in [-0.05, 0) is 36.8 Å². The van der Waals surface area contributed by atoms with E-state index in [1.807, 2.05) is 55.5 Å². The molecule has 2 heterocycles. The first-order chi connectivity index (χ1) is 13.2. The standard InChI is InChI=1S/C20H19N3O4/c1-13(14-8-9-16-17(10-14)27-12-26-16)21-20(24)19-18(25-2)11-23(22-19)15-6-4-3-5-7-15/h3-11,13H,12H2,1-2H3,(H,21,24)/t13-/m1/s1. The van der Waals surface area contributed by atoms with Crippen LogP contribution in [0.25, 0.3) is 5.69 Å². The Morgan fingerprint density at radius 3 is 2.74 bits per heavy atom. The van der Waals surface area contributed by atoms with Gasteiger partial charge in [0.25, 0.3) is 5.91 Å². The summed E-state index contributed by atoms with van der Waals surface area (Å²) in [6.45, 7) is 2.11. The molecule has 1 amide bonds. The quantitative estimate of drug-likeness (QED) is 0.752. The van der Waals surface area contributed by atoms with Gasteiger partial charge in [0.05, 0.1) is 25.0 Å². The number of nitrogens with zero attached hydrogens (tertiary/aromatic N) is 2. The van der Waals surface area contributed by atoms with Crippen LogP contribution < -0.4 is 19.5 Å². The number of nitrogens with one attached hydrogen (secondary N) is 1. The first-order valence-electron chi connectivity index (χ1n) is 8.55. The fraction of sp³-hybridized carbons (Fsp3) is 0.200. The van der Waals surface area contributed by atoms with E-state index in [2.05, 4.69) is 10.4 Å². The molecule has 0 radical (unpaired) electrons. The highest BCUT2D eigenvalue weighted by Crippen LogP contribution is 2.34. The Kier molecular flexibility index (Phi) is 4.42. The maximum Gasteiger partial charge on any atom is 0.276 e. The summed E-state index contributed by atoms with van der Waals surface area (Å²) in [6, 6.07) is 14.9. The van der Waals surface area contributed by atoms with Gasteiger partial charge in [-0.2, -0.15) is 5.10 Å². The number of amides is 1. The third kappa shape index (κ3) is 3.31. The lowest BCUT2D eigenvalue weighted by molar-refractivity contribution is 0.0931. The molecule has 27 heavy (non-hydrogen) atoms. The van der Waals surface area contributed by atoms with Crippen molar-refractivity contribution in [3.05, 3.63) is 66.0 Å². The van der Waals surface area contributed by atoms with Gasteiger partial charge >= 0.3 is 0 Å². The van der Waals surface area contributed by atoms with Gasteiger partial charge in [-0.25, -0.2) is 4.68 Å². The molecule has 1 atom stereocenters. The molecule has 0 saturated carbocycles. The molecular weight excluding hydrogens is 346 g/mol. The van der Waals surface area contributed by atoms with Crippen molar-refractivity contribution in [2.24, 2.45) is 0 Å². The lowest BCUT2D eigenvalue weighted by atomic mass is 10.1. The average molecular weight is 365 g/mol. The van der Waals surface area contributed by atoms with Crippen molar-refractivity contribution in [2.75, 3.05) is 13.9 Å². The molecule has 3 aromatic rings. The Labute approximate surface area is 156 Å². The molecule has 0 saturated heterocycles. The molecule has 7 nitrogen and oxygen atoms in total. The van der Waals surface area contributed by atoms with Crippen molar-refractivity contribution >= 4 is 5.91 Å². The van der Waals surface area contributed by atoms with Crippen LogP contribution in [0.15, 0.2) is 54.7 Å². The van der Waals surface area contributed by atoms with Crippen LogP contribution in [-0.2, 0) is 0 Å². The Bertz CT molecular complexity index is 969. The van der Waals surface area contributed by atoms with Crippen LogP contribution in [-0.4, -0.2) is 29.6 Å². The van der Waals surface area contributed by atoms with Gasteiger partial charge in [0.15, 0.2) is 22.9 Å². The molecular formula is C20H19N3O4. The molecule has 1 aliphatic heterocycles. The number of benzene rings is 2. The summed E-state index contributed by atoms with van der Waals surface area (Å²) in [5, 5.41) is 7.34. The number of methoxy groups -OCH3 is 1. The Hall–Kier alpha value is -3.48. The van der Waals surface area contributed by atoms with E-state index >= 15 is 0 Å². The van der Waals surface area contributed by atoms with Gasteiger partial charge in [-0.15, -0.1) is 0 Å². The largest absolute Gasteiger partial charge is 0.493 e. The molecule has 0 spiro atoms. The normalized spacial score (nSPS) is 13.3. The van der Waals surface area contributed by atoms with Crippen molar-refractivity contribution in [1.82, 2.24) is 15.1 Å². The highest BCUT2D eigenvalue weighted by molar-refractivity contribution is 5.95. The summed E-state index contributed by atoms with van der Waals surface area (Å²) >= 11 is 0. The molecule has 0 aliphatic carbocycles. The zero-order valence-corrected chi connectivity index (χ0v) is 15.0. The lowest BCUT2D eigenvalue weighted by Gasteiger charge is -2.14. The number of carbonyl (C=O) groups is 1. The molecule has 1 N–H and O–H groups in total. The predicted octanol–water partition coefficient (Wildman–Crippen LogP) is 3.10. The van der Waals surface area contributed by atoms with Crippen LogP contribution in [0.1, 0.15) is 29.0 Å². The highest BCUT2D eigenvalue weighted by Gasteiger charge is 2.22. The zero-order chi connectivity index (χ0) is 18.8.